The van der Waals surface area contributed by atoms with Crippen molar-refractivity contribution in [2.45, 2.75) is 30.8 Å². The Hall–Kier alpha value is -1.92. The minimum absolute atomic E-state index is 0.0105. The Morgan fingerprint density at radius 1 is 1.24 bits per heavy atom. The number of nitrogens with zero attached hydrogens (tertiary/aromatic N) is 3. The first-order chi connectivity index (χ1) is 14.0. The average molecular weight is 395 g/mol. The largest absolute Gasteiger partial charge is 0.342 e. The molecule has 154 valence electrons. The predicted octanol–water partition coefficient (Wildman–Crippen LogP) is 1.58. The molecule has 0 aromatic heterocycles. The molecule has 0 bridgehead atoms. The molecule has 6 atom stereocenters. The van der Waals surface area contributed by atoms with E-state index >= 15 is 0 Å². The standard InChI is InChI=1S/C23H30N4O2/c1-25(2)11-15-16-12-26(13-17(15)16)21(28)19-10-14-6-5-9-27(14)23(19)18-7-3-4-8-20(18)24-22(23)29/h3-4,7-8,14-17,19H,5-6,9-13H2,1-2H3,(H,24,29)/t14-,15?,16-,17+,19+,23+/m1/s1. The molecule has 1 spiro atoms. The molecule has 4 aliphatic heterocycles. The highest BCUT2D eigenvalue weighted by atomic mass is 16.2. The monoisotopic (exact) mass is 394 g/mol. The Balaban J connectivity index is 1.31. The van der Waals surface area contributed by atoms with Crippen LogP contribution in [0.4, 0.5) is 5.69 Å². The van der Waals surface area contributed by atoms with Gasteiger partial charge in [0.1, 0.15) is 5.54 Å². The van der Waals surface area contributed by atoms with Crippen LogP contribution in [0.15, 0.2) is 24.3 Å². The van der Waals surface area contributed by atoms with Gasteiger partial charge in [-0.1, -0.05) is 18.2 Å². The first kappa shape index (κ1) is 17.9. The molecule has 3 saturated heterocycles. The summed E-state index contributed by atoms with van der Waals surface area (Å²) in [7, 11) is 4.26. The number of carbonyl (C=O) groups excluding carboxylic acids is 2. The summed E-state index contributed by atoms with van der Waals surface area (Å²) in [6.45, 7) is 3.79. The number of hydrogen-bond donors (Lipinski definition) is 1. The first-order valence-electron chi connectivity index (χ1n) is 11.1. The number of hydrogen-bond acceptors (Lipinski definition) is 4. The molecule has 6 heteroatoms. The fraction of sp³-hybridized carbons (Fsp3) is 0.652. The molecule has 1 saturated carbocycles. The third-order valence-corrected chi connectivity index (χ3v) is 8.33. The average Bonchev–Trinajstić information content (AvgIpc) is 3.20. The van der Waals surface area contributed by atoms with E-state index < -0.39 is 5.54 Å². The van der Waals surface area contributed by atoms with Crippen LogP contribution in [-0.4, -0.2) is 72.8 Å². The van der Waals surface area contributed by atoms with Gasteiger partial charge in [-0.05, 0) is 63.7 Å². The Kier molecular flexibility index (Phi) is 3.73. The van der Waals surface area contributed by atoms with Gasteiger partial charge >= 0.3 is 0 Å². The Morgan fingerprint density at radius 2 is 2.00 bits per heavy atom. The number of fused-ring (bicyclic) bond motifs is 5. The van der Waals surface area contributed by atoms with E-state index in [4.69, 9.17) is 0 Å². The molecule has 2 amide bonds. The van der Waals surface area contributed by atoms with Crippen LogP contribution in [-0.2, 0) is 15.1 Å². The molecule has 1 aliphatic carbocycles. The van der Waals surface area contributed by atoms with Crippen LogP contribution >= 0.6 is 0 Å². The Morgan fingerprint density at radius 3 is 2.76 bits per heavy atom. The lowest BCUT2D eigenvalue weighted by molar-refractivity contribution is -0.144. The molecule has 4 fully saturated rings. The number of para-hydroxylation sites is 1. The SMILES string of the molecule is CN(C)CC1[C@H]2CN(C(=O)[C@@H]3C[C@H]4CCCN4[C@]34C(=O)Nc3ccccc34)C[C@@H]12. The highest BCUT2D eigenvalue weighted by Crippen LogP contribution is 2.57. The van der Waals surface area contributed by atoms with Crippen molar-refractivity contribution in [3.63, 3.8) is 0 Å². The Labute approximate surface area is 172 Å². The van der Waals surface area contributed by atoms with Crippen LogP contribution in [0.5, 0.6) is 0 Å². The van der Waals surface area contributed by atoms with Gasteiger partial charge in [0.05, 0.1) is 5.92 Å². The summed E-state index contributed by atoms with van der Waals surface area (Å²) >= 11 is 0. The van der Waals surface area contributed by atoms with E-state index in [0.717, 1.165) is 62.6 Å². The second kappa shape index (κ2) is 6.05. The molecule has 6 rings (SSSR count). The third kappa shape index (κ3) is 2.30. The molecule has 6 nitrogen and oxygen atoms in total. The van der Waals surface area contributed by atoms with E-state index in [9.17, 15) is 9.59 Å². The zero-order chi connectivity index (χ0) is 19.9. The quantitative estimate of drug-likeness (QED) is 0.846. The lowest BCUT2D eigenvalue weighted by atomic mass is 9.78. The van der Waals surface area contributed by atoms with Gasteiger partial charge < -0.3 is 15.1 Å². The fourth-order valence-electron chi connectivity index (χ4n) is 7.11. The van der Waals surface area contributed by atoms with Gasteiger partial charge in [0, 0.05) is 36.9 Å². The maximum Gasteiger partial charge on any atom is 0.250 e. The maximum atomic E-state index is 13.8. The molecule has 4 heterocycles. The van der Waals surface area contributed by atoms with Gasteiger partial charge in [-0.3, -0.25) is 14.5 Å². The zero-order valence-electron chi connectivity index (χ0n) is 17.3. The van der Waals surface area contributed by atoms with Gasteiger partial charge in [0.15, 0.2) is 0 Å². The van der Waals surface area contributed by atoms with Gasteiger partial charge in [-0.15, -0.1) is 0 Å². The van der Waals surface area contributed by atoms with Crippen LogP contribution < -0.4 is 5.32 Å². The maximum absolute atomic E-state index is 13.8. The summed E-state index contributed by atoms with van der Waals surface area (Å²) in [5.41, 5.74) is 1.10. The van der Waals surface area contributed by atoms with Gasteiger partial charge in [0.2, 0.25) is 11.8 Å². The number of benzene rings is 1. The molecule has 1 aromatic carbocycles. The number of likely N-dealkylation sites (tertiary alicyclic amines) is 1. The second-order valence-electron chi connectivity index (χ2n) is 10.0. The molecule has 1 aromatic rings. The number of anilines is 1. The van der Waals surface area contributed by atoms with E-state index in [2.05, 4.69) is 40.2 Å². The van der Waals surface area contributed by atoms with Crippen LogP contribution in [0.2, 0.25) is 0 Å². The number of piperidine rings is 1. The van der Waals surface area contributed by atoms with E-state index in [-0.39, 0.29) is 17.7 Å². The van der Waals surface area contributed by atoms with Crippen molar-refractivity contribution >= 4 is 17.5 Å². The highest BCUT2D eigenvalue weighted by molar-refractivity contribution is 6.09. The lowest BCUT2D eigenvalue weighted by Gasteiger charge is -2.38. The first-order valence-corrected chi connectivity index (χ1v) is 11.1. The molecule has 5 aliphatic rings. The minimum Gasteiger partial charge on any atom is -0.342 e. The van der Waals surface area contributed by atoms with E-state index in [0.29, 0.717) is 17.9 Å². The molecular weight excluding hydrogens is 364 g/mol. The lowest BCUT2D eigenvalue weighted by Crippen LogP contribution is -2.55. The molecule has 0 radical (unpaired) electrons. The van der Waals surface area contributed by atoms with Crippen molar-refractivity contribution in [1.82, 2.24) is 14.7 Å². The van der Waals surface area contributed by atoms with Crippen molar-refractivity contribution in [1.29, 1.82) is 0 Å². The van der Waals surface area contributed by atoms with E-state index in [1.807, 2.05) is 18.2 Å². The van der Waals surface area contributed by atoms with Crippen molar-refractivity contribution in [3.05, 3.63) is 29.8 Å². The molecular formula is C23H30N4O2. The van der Waals surface area contributed by atoms with Crippen LogP contribution in [0.3, 0.4) is 0 Å². The van der Waals surface area contributed by atoms with Gasteiger partial charge in [0.25, 0.3) is 0 Å². The van der Waals surface area contributed by atoms with E-state index in [1.165, 1.54) is 0 Å². The predicted molar refractivity (Wildman–Crippen MR) is 110 cm³/mol. The Bertz CT molecular complexity index is 873. The number of amides is 2. The summed E-state index contributed by atoms with van der Waals surface area (Å²) < 4.78 is 0. The second-order valence-corrected chi connectivity index (χ2v) is 10.0. The summed E-state index contributed by atoms with van der Waals surface area (Å²) in [5.74, 6) is 2.01. The summed E-state index contributed by atoms with van der Waals surface area (Å²) in [5, 5.41) is 3.11. The number of nitrogens with one attached hydrogen (secondary N) is 1. The summed E-state index contributed by atoms with van der Waals surface area (Å²) in [4.78, 5) is 34.0. The van der Waals surface area contributed by atoms with Crippen LogP contribution in [0.1, 0.15) is 24.8 Å². The fourth-order valence-corrected chi connectivity index (χ4v) is 7.11. The van der Waals surface area contributed by atoms with E-state index in [1.54, 1.807) is 0 Å². The summed E-state index contributed by atoms with van der Waals surface area (Å²) in [6, 6.07) is 8.35. The smallest absolute Gasteiger partial charge is 0.250 e. The third-order valence-electron chi connectivity index (χ3n) is 8.33. The van der Waals surface area contributed by atoms with Gasteiger partial charge in [-0.25, -0.2) is 0 Å². The van der Waals surface area contributed by atoms with Crippen molar-refractivity contribution in [2.75, 3.05) is 45.6 Å². The zero-order valence-corrected chi connectivity index (χ0v) is 17.3. The number of carbonyl (C=O) groups is 2. The minimum atomic E-state index is -0.801. The highest BCUT2D eigenvalue weighted by Gasteiger charge is 2.67. The topological polar surface area (TPSA) is 55.9 Å². The normalized spacial score (nSPS) is 39.8. The molecule has 1 unspecified atom stereocenters. The van der Waals surface area contributed by atoms with Crippen molar-refractivity contribution in [3.8, 4) is 0 Å². The van der Waals surface area contributed by atoms with Crippen LogP contribution in [0.25, 0.3) is 0 Å². The van der Waals surface area contributed by atoms with Crippen LogP contribution in [0, 0.1) is 23.7 Å². The van der Waals surface area contributed by atoms with Gasteiger partial charge in [-0.2, -0.15) is 0 Å². The molecule has 29 heavy (non-hydrogen) atoms. The number of rotatable bonds is 3. The van der Waals surface area contributed by atoms with Crippen molar-refractivity contribution < 1.29 is 9.59 Å². The summed E-state index contributed by atoms with van der Waals surface area (Å²) in [6.07, 6.45) is 3.02. The van der Waals surface area contributed by atoms with Crippen molar-refractivity contribution in [2.24, 2.45) is 23.7 Å². The molecule has 1 N–H and O–H groups in total.